The predicted octanol–water partition coefficient (Wildman–Crippen LogP) is -0.673. The number of amides is 1. The SMILES string of the molecule is COCCNC(=O)C(C)OC(=O)COC. The number of methoxy groups -OCH3 is 2. The summed E-state index contributed by atoms with van der Waals surface area (Å²) < 4.78 is 14.1. The highest BCUT2D eigenvalue weighted by Crippen LogP contribution is 1.92. The van der Waals surface area contributed by atoms with E-state index in [4.69, 9.17) is 9.47 Å². The maximum absolute atomic E-state index is 11.3. The summed E-state index contributed by atoms with van der Waals surface area (Å²) in [7, 11) is 2.92. The van der Waals surface area contributed by atoms with Crippen LogP contribution in [0.5, 0.6) is 0 Å². The molecule has 1 N–H and O–H groups in total. The summed E-state index contributed by atoms with van der Waals surface area (Å²) in [5, 5.41) is 2.55. The van der Waals surface area contributed by atoms with Gasteiger partial charge in [0.1, 0.15) is 6.61 Å². The Bertz CT molecular complexity index is 207. The largest absolute Gasteiger partial charge is 0.451 e. The van der Waals surface area contributed by atoms with E-state index < -0.39 is 12.1 Å². The molecule has 1 amide bonds. The molecule has 0 aromatic heterocycles. The van der Waals surface area contributed by atoms with Crippen LogP contribution >= 0.6 is 0 Å². The Kier molecular flexibility index (Phi) is 7.57. The molecule has 0 fully saturated rings. The molecule has 1 atom stereocenters. The van der Waals surface area contributed by atoms with Gasteiger partial charge in [0.25, 0.3) is 5.91 Å². The first kappa shape index (κ1) is 13.9. The summed E-state index contributed by atoms with van der Waals surface area (Å²) in [4.78, 5) is 22.2. The monoisotopic (exact) mass is 219 g/mol. The fraction of sp³-hybridized carbons (Fsp3) is 0.778. The molecule has 0 heterocycles. The van der Waals surface area contributed by atoms with Gasteiger partial charge in [-0.2, -0.15) is 0 Å². The number of hydrogen-bond acceptors (Lipinski definition) is 5. The predicted molar refractivity (Wildman–Crippen MR) is 52.3 cm³/mol. The van der Waals surface area contributed by atoms with E-state index in [2.05, 4.69) is 10.1 Å². The van der Waals surface area contributed by atoms with Crippen LogP contribution in [0, 0.1) is 0 Å². The van der Waals surface area contributed by atoms with E-state index >= 15 is 0 Å². The number of rotatable bonds is 7. The van der Waals surface area contributed by atoms with Gasteiger partial charge in [0.2, 0.25) is 0 Å². The third-order valence-electron chi connectivity index (χ3n) is 1.55. The Morgan fingerprint density at radius 2 is 1.93 bits per heavy atom. The van der Waals surface area contributed by atoms with Crippen molar-refractivity contribution < 1.29 is 23.8 Å². The smallest absolute Gasteiger partial charge is 0.332 e. The van der Waals surface area contributed by atoms with Gasteiger partial charge in [0.05, 0.1) is 6.61 Å². The van der Waals surface area contributed by atoms with Crippen molar-refractivity contribution >= 4 is 11.9 Å². The van der Waals surface area contributed by atoms with Crippen LogP contribution in [0.3, 0.4) is 0 Å². The molecule has 0 aliphatic carbocycles. The van der Waals surface area contributed by atoms with Crippen molar-refractivity contribution in [1.29, 1.82) is 0 Å². The van der Waals surface area contributed by atoms with E-state index in [1.807, 2.05) is 0 Å². The standard InChI is InChI=1S/C9H17NO5/c1-7(15-8(11)6-14-3)9(12)10-4-5-13-2/h7H,4-6H2,1-3H3,(H,10,12). The lowest BCUT2D eigenvalue weighted by molar-refractivity contribution is -0.158. The molecule has 6 heteroatoms. The Labute approximate surface area is 88.9 Å². The topological polar surface area (TPSA) is 73.9 Å². The van der Waals surface area contributed by atoms with E-state index in [1.54, 1.807) is 0 Å². The number of carbonyl (C=O) groups is 2. The van der Waals surface area contributed by atoms with Crippen LogP contribution < -0.4 is 5.32 Å². The minimum Gasteiger partial charge on any atom is -0.451 e. The molecule has 0 aromatic rings. The molecule has 0 aliphatic heterocycles. The van der Waals surface area contributed by atoms with Crippen molar-refractivity contribution in [2.45, 2.75) is 13.0 Å². The Morgan fingerprint density at radius 3 is 2.47 bits per heavy atom. The van der Waals surface area contributed by atoms with Gasteiger partial charge in [-0.25, -0.2) is 4.79 Å². The summed E-state index contributed by atoms with van der Waals surface area (Å²) in [6.45, 7) is 2.15. The highest BCUT2D eigenvalue weighted by atomic mass is 16.6. The van der Waals surface area contributed by atoms with E-state index in [0.717, 1.165) is 0 Å². The number of esters is 1. The molecule has 0 aromatic carbocycles. The lowest BCUT2D eigenvalue weighted by atomic mass is 10.4. The van der Waals surface area contributed by atoms with Gasteiger partial charge in [0, 0.05) is 20.8 Å². The van der Waals surface area contributed by atoms with E-state index in [1.165, 1.54) is 21.1 Å². The average Bonchev–Trinajstić information content (AvgIpc) is 2.18. The average molecular weight is 219 g/mol. The summed E-state index contributed by atoms with van der Waals surface area (Å²) in [6, 6.07) is 0. The van der Waals surface area contributed by atoms with Crippen LogP contribution in [0.2, 0.25) is 0 Å². The summed E-state index contributed by atoms with van der Waals surface area (Å²) in [5.41, 5.74) is 0. The molecular weight excluding hydrogens is 202 g/mol. The number of hydrogen-bond donors (Lipinski definition) is 1. The Hall–Kier alpha value is -1.14. The van der Waals surface area contributed by atoms with Gasteiger partial charge >= 0.3 is 5.97 Å². The van der Waals surface area contributed by atoms with Gasteiger partial charge in [-0.15, -0.1) is 0 Å². The molecule has 0 saturated carbocycles. The molecule has 0 aliphatic rings. The van der Waals surface area contributed by atoms with Crippen LogP contribution in [0.1, 0.15) is 6.92 Å². The van der Waals surface area contributed by atoms with Crippen molar-refractivity contribution in [3.63, 3.8) is 0 Å². The van der Waals surface area contributed by atoms with Crippen molar-refractivity contribution in [3.05, 3.63) is 0 Å². The second kappa shape index (κ2) is 8.19. The van der Waals surface area contributed by atoms with Crippen molar-refractivity contribution in [2.24, 2.45) is 0 Å². The fourth-order valence-corrected chi connectivity index (χ4v) is 0.823. The summed E-state index contributed by atoms with van der Waals surface area (Å²) in [5.74, 6) is -0.914. The number of ether oxygens (including phenoxy) is 3. The molecule has 15 heavy (non-hydrogen) atoms. The van der Waals surface area contributed by atoms with Gasteiger partial charge in [-0.3, -0.25) is 4.79 Å². The van der Waals surface area contributed by atoms with Gasteiger partial charge in [0.15, 0.2) is 6.10 Å². The highest BCUT2D eigenvalue weighted by molar-refractivity contribution is 5.83. The molecule has 0 spiro atoms. The minimum atomic E-state index is -0.815. The molecule has 6 nitrogen and oxygen atoms in total. The normalized spacial score (nSPS) is 11.9. The number of carbonyl (C=O) groups excluding carboxylic acids is 2. The third kappa shape index (κ3) is 6.87. The van der Waals surface area contributed by atoms with Gasteiger partial charge < -0.3 is 19.5 Å². The van der Waals surface area contributed by atoms with E-state index in [0.29, 0.717) is 13.2 Å². The van der Waals surface area contributed by atoms with Crippen molar-refractivity contribution in [3.8, 4) is 0 Å². The first-order valence-electron chi connectivity index (χ1n) is 4.57. The lowest BCUT2D eigenvalue weighted by Gasteiger charge is -2.12. The Balaban J connectivity index is 3.73. The molecule has 0 radical (unpaired) electrons. The maximum atomic E-state index is 11.3. The van der Waals surface area contributed by atoms with E-state index in [9.17, 15) is 9.59 Å². The molecule has 0 bridgehead atoms. The van der Waals surface area contributed by atoms with Gasteiger partial charge in [-0.1, -0.05) is 0 Å². The van der Waals surface area contributed by atoms with Gasteiger partial charge in [-0.05, 0) is 6.92 Å². The van der Waals surface area contributed by atoms with Crippen LogP contribution in [-0.4, -0.2) is 52.0 Å². The molecule has 1 unspecified atom stereocenters. The summed E-state index contributed by atoms with van der Waals surface area (Å²) in [6.07, 6.45) is -0.815. The second-order valence-corrected chi connectivity index (χ2v) is 2.85. The zero-order valence-corrected chi connectivity index (χ0v) is 9.24. The molecule has 88 valence electrons. The van der Waals surface area contributed by atoms with E-state index in [-0.39, 0.29) is 12.5 Å². The van der Waals surface area contributed by atoms with Crippen molar-refractivity contribution in [2.75, 3.05) is 34.0 Å². The first-order chi connectivity index (χ1) is 7.11. The zero-order chi connectivity index (χ0) is 11.7. The zero-order valence-electron chi connectivity index (χ0n) is 9.24. The number of nitrogens with one attached hydrogen (secondary N) is 1. The molecular formula is C9H17NO5. The van der Waals surface area contributed by atoms with Crippen LogP contribution in [0.15, 0.2) is 0 Å². The quantitative estimate of drug-likeness (QED) is 0.454. The lowest BCUT2D eigenvalue weighted by Crippen LogP contribution is -2.38. The molecule has 0 saturated heterocycles. The maximum Gasteiger partial charge on any atom is 0.332 e. The van der Waals surface area contributed by atoms with Crippen LogP contribution in [-0.2, 0) is 23.8 Å². The summed E-state index contributed by atoms with van der Waals surface area (Å²) >= 11 is 0. The second-order valence-electron chi connectivity index (χ2n) is 2.85. The minimum absolute atomic E-state index is 0.157. The van der Waals surface area contributed by atoms with Crippen molar-refractivity contribution in [1.82, 2.24) is 5.32 Å². The molecule has 0 rings (SSSR count). The van der Waals surface area contributed by atoms with Crippen LogP contribution in [0.25, 0.3) is 0 Å². The Morgan fingerprint density at radius 1 is 1.27 bits per heavy atom. The highest BCUT2D eigenvalue weighted by Gasteiger charge is 2.16. The fourth-order valence-electron chi connectivity index (χ4n) is 0.823. The third-order valence-corrected chi connectivity index (χ3v) is 1.55. The first-order valence-corrected chi connectivity index (χ1v) is 4.57. The van der Waals surface area contributed by atoms with Crippen LogP contribution in [0.4, 0.5) is 0 Å².